The monoisotopic (exact) mass is 371 g/mol. The van der Waals surface area contributed by atoms with Crippen LogP contribution in [-0.4, -0.2) is 21.2 Å². The molecule has 0 unspecified atom stereocenters. The van der Waals surface area contributed by atoms with Crippen LogP contribution in [0.4, 0.5) is 11.4 Å². The molecule has 25 heavy (non-hydrogen) atoms. The van der Waals surface area contributed by atoms with Crippen LogP contribution in [0.15, 0.2) is 52.7 Å². The lowest BCUT2D eigenvalue weighted by Gasteiger charge is -2.27. The number of aromatic nitrogens is 1. The zero-order valence-electron chi connectivity index (χ0n) is 13.8. The number of hydrogen-bond acceptors (Lipinski definition) is 4. The average Bonchev–Trinajstić information content (AvgIpc) is 2.85. The molecule has 1 N–H and O–H groups in total. The summed E-state index contributed by atoms with van der Waals surface area (Å²) in [6.07, 6.45) is 0.939. The summed E-state index contributed by atoms with van der Waals surface area (Å²) in [7, 11) is 0. The van der Waals surface area contributed by atoms with Gasteiger partial charge in [0, 0.05) is 21.9 Å². The second-order valence-corrected chi connectivity index (χ2v) is 7.63. The molecule has 4 rings (SSSR count). The molecular formula is C19H18ClN3OS. The Labute approximate surface area is 155 Å². The molecule has 0 spiro atoms. The minimum atomic E-state index is 0.200. The van der Waals surface area contributed by atoms with Crippen molar-refractivity contribution in [2.75, 3.05) is 11.5 Å². The summed E-state index contributed by atoms with van der Waals surface area (Å²) in [6, 6.07) is 13.8. The number of azo groups is 1. The molecule has 128 valence electrons. The highest BCUT2D eigenvalue weighted by molar-refractivity contribution is 8.00. The van der Waals surface area contributed by atoms with Gasteiger partial charge in [-0.25, -0.2) is 0 Å². The van der Waals surface area contributed by atoms with E-state index in [2.05, 4.69) is 35.4 Å². The molecule has 0 radical (unpaired) electrons. The fraction of sp³-hybridized carbons (Fsp3) is 0.263. The van der Waals surface area contributed by atoms with Gasteiger partial charge in [0.1, 0.15) is 0 Å². The summed E-state index contributed by atoms with van der Waals surface area (Å²) in [5, 5.41) is 21.1. The zero-order valence-corrected chi connectivity index (χ0v) is 15.4. The number of benzene rings is 2. The number of nitrogens with zero attached hydrogens (tertiary/aromatic N) is 3. The van der Waals surface area contributed by atoms with Gasteiger partial charge in [0.25, 0.3) is 0 Å². The molecule has 0 atom stereocenters. The van der Waals surface area contributed by atoms with E-state index in [0.717, 1.165) is 28.8 Å². The first kappa shape index (κ1) is 16.5. The fourth-order valence-electron chi connectivity index (χ4n) is 3.01. The molecule has 3 aromatic rings. The van der Waals surface area contributed by atoms with Crippen LogP contribution in [0.25, 0.3) is 10.9 Å². The van der Waals surface area contributed by atoms with E-state index in [1.807, 2.05) is 28.5 Å². The third kappa shape index (κ3) is 3.02. The Morgan fingerprint density at radius 1 is 1.16 bits per heavy atom. The Morgan fingerprint density at radius 2 is 1.92 bits per heavy atom. The van der Waals surface area contributed by atoms with Crippen LogP contribution >= 0.6 is 23.4 Å². The van der Waals surface area contributed by atoms with Crippen molar-refractivity contribution in [1.29, 1.82) is 0 Å². The first-order valence-corrected chi connectivity index (χ1v) is 9.81. The van der Waals surface area contributed by atoms with Crippen LogP contribution in [0.1, 0.15) is 18.5 Å². The van der Waals surface area contributed by atoms with Crippen molar-refractivity contribution in [3.63, 3.8) is 0 Å². The second kappa shape index (κ2) is 6.73. The maximum absolute atomic E-state index is 10.8. The van der Waals surface area contributed by atoms with Crippen molar-refractivity contribution in [2.24, 2.45) is 10.2 Å². The number of aryl methyl sites for hydroxylation is 1. The predicted octanol–water partition coefficient (Wildman–Crippen LogP) is 6.27. The van der Waals surface area contributed by atoms with Gasteiger partial charge >= 0.3 is 0 Å². The molecule has 1 aliphatic heterocycles. The maximum Gasteiger partial charge on any atom is 0.221 e. The van der Waals surface area contributed by atoms with Crippen LogP contribution in [0.5, 0.6) is 5.88 Å². The number of rotatable bonds is 4. The van der Waals surface area contributed by atoms with Gasteiger partial charge < -0.3 is 9.67 Å². The summed E-state index contributed by atoms with van der Waals surface area (Å²) in [5.41, 5.74) is 3.48. The van der Waals surface area contributed by atoms with Crippen LogP contribution < -0.4 is 0 Å². The second-order valence-electron chi connectivity index (χ2n) is 6.11. The number of aromatic hydroxyl groups is 1. The van der Waals surface area contributed by atoms with Crippen molar-refractivity contribution in [2.45, 2.75) is 19.4 Å². The number of fused-ring (bicyclic) bond motifs is 1. The molecule has 2 heterocycles. The van der Waals surface area contributed by atoms with E-state index in [-0.39, 0.29) is 5.88 Å². The van der Waals surface area contributed by atoms with Gasteiger partial charge in [-0.15, -0.1) is 5.11 Å². The molecule has 4 nitrogen and oxygen atoms in total. The van der Waals surface area contributed by atoms with Gasteiger partial charge in [0.2, 0.25) is 5.88 Å². The Morgan fingerprint density at radius 3 is 2.56 bits per heavy atom. The van der Waals surface area contributed by atoms with Crippen molar-refractivity contribution >= 4 is 45.6 Å². The lowest BCUT2D eigenvalue weighted by Crippen LogP contribution is -2.22. The molecular weight excluding hydrogens is 354 g/mol. The van der Waals surface area contributed by atoms with E-state index in [0.29, 0.717) is 22.4 Å². The first-order valence-electron chi connectivity index (χ1n) is 8.28. The van der Waals surface area contributed by atoms with Crippen LogP contribution in [0.2, 0.25) is 5.02 Å². The molecule has 1 saturated heterocycles. The molecule has 2 aromatic carbocycles. The smallest absolute Gasteiger partial charge is 0.221 e. The molecule has 6 heteroatoms. The minimum absolute atomic E-state index is 0.200. The highest BCUT2D eigenvalue weighted by Gasteiger charge is 2.27. The van der Waals surface area contributed by atoms with Crippen molar-refractivity contribution in [3.8, 4) is 5.88 Å². The quantitative estimate of drug-likeness (QED) is 0.549. The Bertz CT molecular complexity index is 945. The minimum Gasteiger partial charge on any atom is -0.493 e. The molecule has 0 amide bonds. The molecule has 1 fully saturated rings. The van der Waals surface area contributed by atoms with E-state index in [1.165, 1.54) is 5.56 Å². The van der Waals surface area contributed by atoms with Gasteiger partial charge in [-0.2, -0.15) is 16.9 Å². The zero-order chi connectivity index (χ0) is 17.4. The van der Waals surface area contributed by atoms with Gasteiger partial charge in [-0.05, 0) is 48.4 Å². The summed E-state index contributed by atoms with van der Waals surface area (Å²) >= 11 is 7.80. The predicted molar refractivity (Wildman–Crippen MR) is 105 cm³/mol. The average molecular weight is 372 g/mol. The van der Waals surface area contributed by atoms with Crippen molar-refractivity contribution in [3.05, 3.63) is 53.1 Å². The van der Waals surface area contributed by atoms with E-state index in [1.54, 1.807) is 12.1 Å². The summed E-state index contributed by atoms with van der Waals surface area (Å²) in [4.78, 5) is 0. The molecule has 0 aliphatic carbocycles. The normalized spacial score (nSPS) is 15.1. The van der Waals surface area contributed by atoms with E-state index >= 15 is 0 Å². The number of thioether (sulfide) groups is 1. The van der Waals surface area contributed by atoms with Crippen LogP contribution in [-0.2, 0) is 6.42 Å². The maximum atomic E-state index is 10.8. The lowest BCUT2D eigenvalue weighted by molar-refractivity contribution is 0.406. The van der Waals surface area contributed by atoms with Crippen LogP contribution in [0, 0.1) is 0 Å². The Hall–Kier alpha value is -1.98. The first-order chi connectivity index (χ1) is 12.2. The summed E-state index contributed by atoms with van der Waals surface area (Å²) in [5.74, 6) is 2.23. The van der Waals surface area contributed by atoms with Gasteiger partial charge in [0.15, 0.2) is 5.69 Å². The molecule has 0 saturated carbocycles. The number of halogens is 1. The standard InChI is InChI=1S/C19H18ClN3OS/c1-2-12-3-8-17-16(9-12)18(19(24)23(17)15-10-25-11-15)22-21-14-6-4-13(20)5-7-14/h3-9,15,24H,2,10-11H2,1H3. The van der Waals surface area contributed by atoms with Gasteiger partial charge in [0.05, 0.1) is 17.2 Å². The largest absolute Gasteiger partial charge is 0.493 e. The van der Waals surface area contributed by atoms with E-state index in [9.17, 15) is 5.11 Å². The number of hydrogen-bond donors (Lipinski definition) is 1. The topological polar surface area (TPSA) is 49.9 Å². The van der Waals surface area contributed by atoms with Gasteiger partial charge in [-0.3, -0.25) is 0 Å². The highest BCUT2D eigenvalue weighted by atomic mass is 35.5. The molecule has 1 aliphatic rings. The van der Waals surface area contributed by atoms with Gasteiger partial charge in [-0.1, -0.05) is 24.6 Å². The van der Waals surface area contributed by atoms with Crippen LogP contribution in [0.3, 0.4) is 0 Å². The highest BCUT2D eigenvalue weighted by Crippen LogP contribution is 2.45. The lowest BCUT2D eigenvalue weighted by atomic mass is 10.1. The van der Waals surface area contributed by atoms with E-state index in [4.69, 9.17) is 11.6 Å². The van der Waals surface area contributed by atoms with E-state index < -0.39 is 0 Å². The third-order valence-corrected chi connectivity index (χ3v) is 5.99. The fourth-order valence-corrected chi connectivity index (χ4v) is 3.88. The Balaban J connectivity index is 1.83. The Kier molecular flexibility index (Phi) is 4.44. The summed E-state index contributed by atoms with van der Waals surface area (Å²) in [6.45, 7) is 2.12. The molecule has 1 aromatic heterocycles. The summed E-state index contributed by atoms with van der Waals surface area (Å²) < 4.78 is 2.00. The third-order valence-electron chi connectivity index (χ3n) is 4.50. The van der Waals surface area contributed by atoms with Crippen molar-refractivity contribution < 1.29 is 5.11 Å². The molecule has 0 bridgehead atoms. The SMILES string of the molecule is CCc1ccc2c(c1)c(N=Nc1ccc(Cl)cc1)c(O)n2C1CSC1. The van der Waals surface area contributed by atoms with Crippen molar-refractivity contribution in [1.82, 2.24) is 4.57 Å².